The van der Waals surface area contributed by atoms with E-state index in [9.17, 15) is 0 Å². The lowest BCUT2D eigenvalue weighted by atomic mass is 9.99. The van der Waals surface area contributed by atoms with E-state index < -0.39 is 0 Å². The molecule has 28 heavy (non-hydrogen) atoms. The largest absolute Gasteiger partial charge is 0.362 e. The van der Waals surface area contributed by atoms with E-state index in [4.69, 9.17) is 4.74 Å². The molecule has 1 atom stereocenters. The molecule has 2 N–H and O–H groups in total. The number of aromatic nitrogens is 5. The van der Waals surface area contributed by atoms with Crippen molar-refractivity contribution in [2.75, 3.05) is 12.0 Å². The van der Waals surface area contributed by atoms with Gasteiger partial charge in [-0.1, -0.05) is 0 Å². The first kappa shape index (κ1) is 16.8. The molecule has 0 radical (unpaired) electrons. The molecule has 140 valence electrons. The fourth-order valence-electron chi connectivity index (χ4n) is 3.70. The van der Waals surface area contributed by atoms with Gasteiger partial charge in [0, 0.05) is 53.8 Å². The zero-order valence-electron chi connectivity index (χ0n) is 15.5. The first-order valence-corrected chi connectivity index (χ1v) is 9.31. The molecule has 0 fully saturated rings. The van der Waals surface area contributed by atoms with Crippen molar-refractivity contribution >= 4 is 16.6 Å². The van der Waals surface area contributed by atoms with Crippen molar-refractivity contribution in [1.29, 1.82) is 0 Å². The highest BCUT2D eigenvalue weighted by Gasteiger charge is 2.20. The molecule has 1 aliphatic heterocycles. The molecule has 1 unspecified atom stereocenters. The van der Waals surface area contributed by atoms with E-state index in [1.165, 1.54) is 5.56 Å². The highest BCUT2D eigenvalue weighted by Crippen LogP contribution is 2.32. The number of benzene rings is 1. The number of fused-ring (bicyclic) bond motifs is 2. The van der Waals surface area contributed by atoms with Crippen molar-refractivity contribution in [2.24, 2.45) is 0 Å². The normalized spacial score (nSPS) is 16.4. The first-order valence-electron chi connectivity index (χ1n) is 9.31. The van der Waals surface area contributed by atoms with Crippen LogP contribution in [-0.4, -0.2) is 38.0 Å². The number of hydrogen-bond donors (Lipinski definition) is 2. The standard InChI is InChI=1S/C21H20N6O/c1-13-23-7-4-16(25-13)10-17-8-15-9-18-20(11-19(15)24-12-28-17)26-27-21(18)14-2-5-22-6-3-14/h2-7,9,11,17,24H,8,10,12H2,1H3,(H,26,27). The quantitative estimate of drug-likeness (QED) is 0.574. The van der Waals surface area contributed by atoms with Crippen molar-refractivity contribution in [2.45, 2.75) is 25.9 Å². The van der Waals surface area contributed by atoms with Crippen LogP contribution in [0, 0.1) is 6.92 Å². The number of aromatic amines is 1. The van der Waals surface area contributed by atoms with E-state index in [-0.39, 0.29) is 6.10 Å². The van der Waals surface area contributed by atoms with Gasteiger partial charge < -0.3 is 10.1 Å². The first-order chi connectivity index (χ1) is 13.8. The minimum absolute atomic E-state index is 0.0526. The molecule has 4 heterocycles. The van der Waals surface area contributed by atoms with Crippen LogP contribution < -0.4 is 5.32 Å². The monoisotopic (exact) mass is 372 g/mol. The Bertz CT molecular complexity index is 1120. The van der Waals surface area contributed by atoms with Crippen molar-refractivity contribution in [3.05, 3.63) is 66.0 Å². The molecule has 5 rings (SSSR count). The van der Waals surface area contributed by atoms with Crippen molar-refractivity contribution < 1.29 is 4.74 Å². The molecule has 0 bridgehead atoms. The maximum atomic E-state index is 6.04. The Balaban J connectivity index is 1.49. The van der Waals surface area contributed by atoms with E-state index in [1.54, 1.807) is 18.6 Å². The number of hydrogen-bond acceptors (Lipinski definition) is 6. The van der Waals surface area contributed by atoms with Crippen molar-refractivity contribution in [3.63, 3.8) is 0 Å². The average Bonchev–Trinajstić information content (AvgIpc) is 3.01. The van der Waals surface area contributed by atoms with E-state index in [2.05, 4.69) is 42.6 Å². The fraction of sp³-hybridized carbons (Fsp3) is 0.238. The second-order valence-corrected chi connectivity index (χ2v) is 6.98. The minimum Gasteiger partial charge on any atom is -0.362 e. The lowest BCUT2D eigenvalue weighted by Crippen LogP contribution is -2.20. The Labute approximate surface area is 162 Å². The Kier molecular flexibility index (Phi) is 4.21. The highest BCUT2D eigenvalue weighted by molar-refractivity contribution is 5.95. The maximum Gasteiger partial charge on any atom is 0.125 e. The van der Waals surface area contributed by atoms with Gasteiger partial charge in [0.15, 0.2) is 0 Å². The summed E-state index contributed by atoms with van der Waals surface area (Å²) in [6, 6.07) is 10.2. The lowest BCUT2D eigenvalue weighted by Gasteiger charge is -2.14. The topological polar surface area (TPSA) is 88.6 Å². The molecule has 1 aliphatic rings. The molecular weight excluding hydrogens is 352 g/mol. The number of rotatable bonds is 3. The number of aryl methyl sites for hydroxylation is 1. The van der Waals surface area contributed by atoms with Crippen LogP contribution in [-0.2, 0) is 17.6 Å². The van der Waals surface area contributed by atoms with Crippen LogP contribution >= 0.6 is 0 Å². The van der Waals surface area contributed by atoms with Crippen LogP contribution in [0.1, 0.15) is 17.1 Å². The van der Waals surface area contributed by atoms with Crippen LogP contribution in [0.4, 0.5) is 5.69 Å². The second kappa shape index (κ2) is 7.01. The number of nitrogens with one attached hydrogen (secondary N) is 2. The Hall–Kier alpha value is -3.32. The van der Waals surface area contributed by atoms with Crippen LogP contribution in [0.3, 0.4) is 0 Å². The third-order valence-electron chi connectivity index (χ3n) is 5.04. The zero-order chi connectivity index (χ0) is 18.9. The molecule has 0 saturated heterocycles. The summed E-state index contributed by atoms with van der Waals surface area (Å²) in [4.78, 5) is 12.8. The van der Waals surface area contributed by atoms with Gasteiger partial charge in [-0.05, 0) is 42.8 Å². The van der Waals surface area contributed by atoms with Crippen LogP contribution in [0.2, 0.25) is 0 Å². The van der Waals surface area contributed by atoms with E-state index in [1.807, 2.05) is 25.1 Å². The van der Waals surface area contributed by atoms with Crippen LogP contribution in [0.5, 0.6) is 0 Å². The summed E-state index contributed by atoms with van der Waals surface area (Å²) < 4.78 is 6.04. The zero-order valence-corrected chi connectivity index (χ0v) is 15.5. The summed E-state index contributed by atoms with van der Waals surface area (Å²) in [5, 5.41) is 12.2. The van der Waals surface area contributed by atoms with Gasteiger partial charge in [0.2, 0.25) is 0 Å². The van der Waals surface area contributed by atoms with Gasteiger partial charge in [-0.3, -0.25) is 10.1 Å². The predicted octanol–water partition coefficient (Wildman–Crippen LogP) is 3.28. The van der Waals surface area contributed by atoms with E-state index in [0.717, 1.165) is 52.2 Å². The highest BCUT2D eigenvalue weighted by atomic mass is 16.5. The van der Waals surface area contributed by atoms with Gasteiger partial charge >= 0.3 is 0 Å². The van der Waals surface area contributed by atoms with Gasteiger partial charge in [-0.15, -0.1) is 0 Å². The Morgan fingerprint density at radius 3 is 2.89 bits per heavy atom. The summed E-state index contributed by atoms with van der Waals surface area (Å²) in [7, 11) is 0. The van der Waals surface area contributed by atoms with Crippen LogP contribution in [0.25, 0.3) is 22.2 Å². The summed E-state index contributed by atoms with van der Waals surface area (Å²) >= 11 is 0. The second-order valence-electron chi connectivity index (χ2n) is 6.98. The van der Waals surface area contributed by atoms with E-state index in [0.29, 0.717) is 6.73 Å². The smallest absolute Gasteiger partial charge is 0.125 e. The minimum atomic E-state index is 0.0526. The summed E-state index contributed by atoms with van der Waals surface area (Å²) in [6.07, 6.45) is 6.99. The number of pyridine rings is 1. The molecule has 3 aromatic heterocycles. The lowest BCUT2D eigenvalue weighted by molar-refractivity contribution is 0.0703. The number of anilines is 1. The van der Waals surface area contributed by atoms with Crippen LogP contribution in [0.15, 0.2) is 48.9 Å². The van der Waals surface area contributed by atoms with Gasteiger partial charge in [0.25, 0.3) is 0 Å². The molecular formula is C21H20N6O. The maximum absolute atomic E-state index is 6.04. The Morgan fingerprint density at radius 2 is 2.04 bits per heavy atom. The Morgan fingerprint density at radius 1 is 1.14 bits per heavy atom. The van der Waals surface area contributed by atoms with Gasteiger partial charge in [-0.25, -0.2) is 9.97 Å². The predicted molar refractivity (Wildman–Crippen MR) is 107 cm³/mol. The number of H-pyrrole nitrogens is 1. The van der Waals surface area contributed by atoms with Gasteiger partial charge in [-0.2, -0.15) is 5.10 Å². The molecule has 4 aromatic rings. The third kappa shape index (κ3) is 3.20. The summed E-state index contributed by atoms with van der Waals surface area (Å²) in [6.45, 7) is 2.38. The third-order valence-corrected chi connectivity index (χ3v) is 5.04. The summed E-state index contributed by atoms with van der Waals surface area (Å²) in [5.74, 6) is 0.784. The van der Waals surface area contributed by atoms with E-state index >= 15 is 0 Å². The molecule has 7 nitrogen and oxygen atoms in total. The van der Waals surface area contributed by atoms with Gasteiger partial charge in [0.1, 0.15) is 18.2 Å². The van der Waals surface area contributed by atoms with Gasteiger partial charge in [0.05, 0.1) is 11.6 Å². The molecule has 1 aromatic carbocycles. The molecule has 7 heteroatoms. The van der Waals surface area contributed by atoms with Crippen molar-refractivity contribution in [3.8, 4) is 11.3 Å². The number of nitrogens with zero attached hydrogens (tertiary/aromatic N) is 4. The van der Waals surface area contributed by atoms with Crippen molar-refractivity contribution in [1.82, 2.24) is 25.1 Å². The molecule has 0 spiro atoms. The molecule has 0 amide bonds. The SMILES string of the molecule is Cc1nccc(CC2Cc3cc4c(-c5ccncc5)n[nH]c4cc3NCO2)n1. The number of ether oxygens (including phenoxy) is 1. The average molecular weight is 372 g/mol. The summed E-state index contributed by atoms with van der Waals surface area (Å²) in [5.41, 5.74) is 6.29. The fourth-order valence-corrected chi connectivity index (χ4v) is 3.70. The molecule has 0 aliphatic carbocycles. The molecule has 0 saturated carbocycles.